The molecule has 0 spiro atoms. The molecule has 0 N–H and O–H groups in total. The predicted octanol–water partition coefficient (Wildman–Crippen LogP) is 2.24. The van der Waals surface area contributed by atoms with Crippen LogP contribution in [-0.2, 0) is 0 Å². The first-order valence-corrected chi connectivity index (χ1v) is 7.00. The summed E-state index contributed by atoms with van der Waals surface area (Å²) >= 11 is 0. The maximum atomic E-state index is 4.53. The van der Waals surface area contributed by atoms with Gasteiger partial charge in [0.1, 0.15) is 6.33 Å². The summed E-state index contributed by atoms with van der Waals surface area (Å²) in [6.45, 7) is 10.3. The van der Waals surface area contributed by atoms with Crippen molar-refractivity contribution in [3.8, 4) is 0 Å². The van der Waals surface area contributed by atoms with Gasteiger partial charge in [0.2, 0.25) is 5.65 Å². The predicted molar refractivity (Wildman–Crippen MR) is 75.1 cm³/mol. The lowest BCUT2D eigenvalue weighted by Gasteiger charge is -2.53. The van der Waals surface area contributed by atoms with Crippen molar-refractivity contribution in [3.05, 3.63) is 18.7 Å². The second-order valence-electron chi connectivity index (χ2n) is 6.11. The van der Waals surface area contributed by atoms with Crippen LogP contribution in [0.2, 0.25) is 0 Å². The van der Waals surface area contributed by atoms with Gasteiger partial charge in [-0.2, -0.15) is 0 Å². The van der Waals surface area contributed by atoms with Crippen molar-refractivity contribution < 1.29 is 0 Å². The summed E-state index contributed by atoms with van der Waals surface area (Å²) in [6, 6.07) is 0.551. The third kappa shape index (κ3) is 1.88. The van der Waals surface area contributed by atoms with E-state index in [1.807, 2.05) is 16.8 Å². The molecule has 0 unspecified atom stereocenters. The van der Waals surface area contributed by atoms with Gasteiger partial charge in [-0.15, -0.1) is 10.2 Å². The maximum absolute atomic E-state index is 4.53. The van der Waals surface area contributed by atoms with Crippen molar-refractivity contribution in [3.63, 3.8) is 0 Å². The van der Waals surface area contributed by atoms with Gasteiger partial charge in [0.25, 0.3) is 0 Å². The summed E-state index contributed by atoms with van der Waals surface area (Å²) in [4.78, 5) is 6.92. The van der Waals surface area contributed by atoms with Gasteiger partial charge in [0.15, 0.2) is 5.82 Å². The van der Waals surface area contributed by atoms with Crippen molar-refractivity contribution in [1.82, 2.24) is 19.6 Å². The zero-order chi connectivity index (χ0) is 13.6. The molecule has 5 nitrogen and oxygen atoms in total. The van der Waals surface area contributed by atoms with Gasteiger partial charge < -0.3 is 4.90 Å². The molecule has 2 aromatic heterocycles. The number of hydrogen-bond donors (Lipinski definition) is 0. The van der Waals surface area contributed by atoms with Gasteiger partial charge in [-0.25, -0.2) is 4.98 Å². The summed E-state index contributed by atoms with van der Waals surface area (Å²) < 4.78 is 1.93. The molecule has 3 heterocycles. The van der Waals surface area contributed by atoms with Crippen LogP contribution in [0.25, 0.3) is 5.65 Å². The van der Waals surface area contributed by atoms with Crippen molar-refractivity contribution in [1.29, 1.82) is 0 Å². The molecule has 0 aliphatic carbocycles. The summed E-state index contributed by atoms with van der Waals surface area (Å²) in [7, 11) is 0. The van der Waals surface area contributed by atoms with E-state index in [-0.39, 0.29) is 0 Å². The molecular weight excluding hydrogens is 238 g/mol. The van der Waals surface area contributed by atoms with E-state index in [9.17, 15) is 0 Å². The van der Waals surface area contributed by atoms with Gasteiger partial charge in [-0.1, -0.05) is 27.7 Å². The van der Waals surface area contributed by atoms with Crippen molar-refractivity contribution in [2.45, 2.75) is 33.7 Å². The van der Waals surface area contributed by atoms with E-state index in [2.05, 4.69) is 47.8 Å². The van der Waals surface area contributed by atoms with E-state index < -0.39 is 0 Å². The molecule has 1 saturated heterocycles. The Hall–Kier alpha value is -1.65. The first kappa shape index (κ1) is 12.4. The Labute approximate surface area is 113 Å². The van der Waals surface area contributed by atoms with Gasteiger partial charge in [-0.05, 0) is 17.8 Å². The lowest BCUT2D eigenvalue weighted by atomic mass is 9.75. The van der Waals surface area contributed by atoms with E-state index in [0.717, 1.165) is 23.9 Å². The van der Waals surface area contributed by atoms with E-state index in [4.69, 9.17) is 0 Å². The average molecular weight is 259 g/mol. The van der Waals surface area contributed by atoms with Crippen LogP contribution in [0.4, 0.5) is 5.82 Å². The Bertz CT molecular complexity index is 574. The fourth-order valence-electron chi connectivity index (χ4n) is 3.18. The van der Waals surface area contributed by atoms with Crippen LogP contribution in [0.3, 0.4) is 0 Å². The highest BCUT2D eigenvalue weighted by molar-refractivity contribution is 5.65. The van der Waals surface area contributed by atoms with Crippen LogP contribution in [-0.4, -0.2) is 32.2 Å². The molecule has 2 aromatic rings. The SMILES string of the molecule is CC(C)[C@@H]1CN(c2nccn3cnnc23)[C@H]1C(C)C. The molecule has 1 aliphatic heterocycles. The average Bonchev–Trinajstić information content (AvgIpc) is 2.74. The monoisotopic (exact) mass is 259 g/mol. The van der Waals surface area contributed by atoms with Crippen LogP contribution in [0.15, 0.2) is 18.7 Å². The highest BCUT2D eigenvalue weighted by atomic mass is 15.3. The summed E-state index contributed by atoms with van der Waals surface area (Å²) in [5, 5.41) is 8.17. The molecule has 3 rings (SSSR count). The Morgan fingerprint density at radius 2 is 2.00 bits per heavy atom. The highest BCUT2D eigenvalue weighted by Gasteiger charge is 2.43. The van der Waals surface area contributed by atoms with Crippen molar-refractivity contribution in [2.75, 3.05) is 11.4 Å². The number of rotatable bonds is 3. The summed E-state index contributed by atoms with van der Waals surface area (Å²) in [5.41, 5.74) is 0.857. The standard InChI is InChI=1S/C14H21N5/c1-9(2)11-7-19(12(11)10(3)4)13-14-17-16-8-18(14)6-5-15-13/h5-6,8-12H,7H2,1-4H3/t11-,12-/m0/s1. The summed E-state index contributed by atoms with van der Waals surface area (Å²) in [5.74, 6) is 3.04. The zero-order valence-electron chi connectivity index (χ0n) is 12.0. The normalized spacial score (nSPS) is 23.4. The van der Waals surface area contributed by atoms with Crippen LogP contribution in [0.5, 0.6) is 0 Å². The van der Waals surface area contributed by atoms with Gasteiger partial charge >= 0.3 is 0 Å². The van der Waals surface area contributed by atoms with E-state index >= 15 is 0 Å². The first-order chi connectivity index (χ1) is 9.09. The Balaban J connectivity index is 1.96. The molecule has 0 radical (unpaired) electrons. The molecule has 0 saturated carbocycles. The number of aromatic nitrogens is 4. The van der Waals surface area contributed by atoms with Crippen LogP contribution >= 0.6 is 0 Å². The minimum atomic E-state index is 0.551. The summed E-state index contributed by atoms with van der Waals surface area (Å²) in [6.07, 6.45) is 5.44. The molecule has 0 amide bonds. The largest absolute Gasteiger partial charge is 0.349 e. The molecule has 0 bridgehead atoms. The van der Waals surface area contributed by atoms with E-state index in [0.29, 0.717) is 17.9 Å². The number of anilines is 1. The number of hydrogen-bond acceptors (Lipinski definition) is 4. The lowest BCUT2D eigenvalue weighted by Crippen LogP contribution is -2.61. The molecular formula is C14H21N5. The van der Waals surface area contributed by atoms with Gasteiger partial charge in [0, 0.05) is 25.0 Å². The quantitative estimate of drug-likeness (QED) is 0.848. The Morgan fingerprint density at radius 3 is 2.68 bits per heavy atom. The highest BCUT2D eigenvalue weighted by Crippen LogP contribution is 2.39. The molecule has 5 heteroatoms. The minimum Gasteiger partial charge on any atom is -0.349 e. The molecule has 19 heavy (non-hydrogen) atoms. The fourth-order valence-corrected chi connectivity index (χ4v) is 3.18. The van der Waals surface area contributed by atoms with Crippen LogP contribution in [0.1, 0.15) is 27.7 Å². The number of fused-ring (bicyclic) bond motifs is 1. The van der Waals surface area contributed by atoms with Crippen molar-refractivity contribution in [2.24, 2.45) is 17.8 Å². The molecule has 0 aromatic carbocycles. The molecule has 1 fully saturated rings. The zero-order valence-corrected chi connectivity index (χ0v) is 12.0. The minimum absolute atomic E-state index is 0.551. The first-order valence-electron chi connectivity index (χ1n) is 7.00. The van der Waals surface area contributed by atoms with E-state index in [1.54, 1.807) is 6.33 Å². The van der Waals surface area contributed by atoms with Crippen LogP contribution in [0, 0.1) is 17.8 Å². The lowest BCUT2D eigenvalue weighted by molar-refractivity contribution is 0.176. The smallest absolute Gasteiger partial charge is 0.203 e. The Morgan fingerprint density at radius 1 is 1.21 bits per heavy atom. The molecule has 2 atom stereocenters. The molecule has 102 valence electrons. The topological polar surface area (TPSA) is 46.3 Å². The van der Waals surface area contributed by atoms with Gasteiger partial charge in [-0.3, -0.25) is 4.40 Å². The maximum Gasteiger partial charge on any atom is 0.203 e. The van der Waals surface area contributed by atoms with Crippen LogP contribution < -0.4 is 4.90 Å². The second kappa shape index (κ2) is 4.47. The molecule has 1 aliphatic rings. The van der Waals surface area contributed by atoms with E-state index in [1.165, 1.54) is 0 Å². The van der Waals surface area contributed by atoms with Gasteiger partial charge in [0.05, 0.1) is 0 Å². The third-order valence-electron chi connectivity index (χ3n) is 4.21. The Kier molecular flexibility index (Phi) is 2.92. The number of nitrogens with zero attached hydrogens (tertiary/aromatic N) is 5. The second-order valence-corrected chi connectivity index (χ2v) is 6.11. The fraction of sp³-hybridized carbons (Fsp3) is 0.643. The third-order valence-corrected chi connectivity index (χ3v) is 4.21. The van der Waals surface area contributed by atoms with Crippen molar-refractivity contribution >= 4 is 11.5 Å².